The average Bonchev–Trinajstić information content (AvgIpc) is 3.31. The third kappa shape index (κ3) is 5.18. The number of amides is 1. The van der Waals surface area contributed by atoms with Crippen LogP contribution in [0.2, 0.25) is 0 Å². The molecule has 32 heavy (non-hydrogen) atoms. The largest absolute Gasteiger partial charge is 0.497 e. The lowest BCUT2D eigenvalue weighted by atomic mass is 9.95. The van der Waals surface area contributed by atoms with E-state index in [4.69, 9.17) is 4.74 Å². The zero-order valence-corrected chi connectivity index (χ0v) is 19.0. The number of carbonyl (C=O) groups is 1. The first-order chi connectivity index (χ1) is 15.7. The van der Waals surface area contributed by atoms with Gasteiger partial charge in [-0.15, -0.1) is 0 Å². The second-order valence-electron chi connectivity index (χ2n) is 8.48. The van der Waals surface area contributed by atoms with Crippen molar-refractivity contribution in [2.45, 2.75) is 51.5 Å². The molecule has 0 bridgehead atoms. The van der Waals surface area contributed by atoms with Gasteiger partial charge in [0.1, 0.15) is 17.3 Å². The van der Waals surface area contributed by atoms with Gasteiger partial charge in [-0.05, 0) is 55.0 Å². The van der Waals surface area contributed by atoms with Crippen LogP contribution in [-0.2, 0) is 13.0 Å². The number of hydrogen-bond acceptors (Lipinski definition) is 4. The average molecular weight is 433 g/mol. The number of piperidine rings is 1. The molecule has 1 fully saturated rings. The summed E-state index contributed by atoms with van der Waals surface area (Å²) in [5.41, 5.74) is 2.96. The van der Waals surface area contributed by atoms with Crippen molar-refractivity contribution < 1.29 is 9.53 Å². The number of carbonyl (C=O) groups excluding carboxylic acids is 1. The van der Waals surface area contributed by atoms with E-state index in [1.807, 2.05) is 47.8 Å². The van der Waals surface area contributed by atoms with Crippen molar-refractivity contribution in [2.75, 3.05) is 20.2 Å². The van der Waals surface area contributed by atoms with E-state index >= 15 is 0 Å². The fourth-order valence-electron chi connectivity index (χ4n) is 4.32. The first kappa shape index (κ1) is 22.1. The van der Waals surface area contributed by atoms with Gasteiger partial charge in [0.05, 0.1) is 7.11 Å². The summed E-state index contributed by atoms with van der Waals surface area (Å²) in [6.45, 7) is 4.43. The highest BCUT2D eigenvalue weighted by Crippen LogP contribution is 2.28. The van der Waals surface area contributed by atoms with Crippen molar-refractivity contribution >= 4 is 5.91 Å². The maximum absolute atomic E-state index is 12.9. The lowest BCUT2D eigenvalue weighted by Gasteiger charge is -2.31. The van der Waals surface area contributed by atoms with E-state index in [0.29, 0.717) is 11.6 Å². The first-order valence-electron chi connectivity index (χ1n) is 11.6. The minimum Gasteiger partial charge on any atom is -0.497 e. The van der Waals surface area contributed by atoms with Crippen LogP contribution in [0.4, 0.5) is 0 Å². The molecule has 6 nitrogen and oxygen atoms in total. The Morgan fingerprint density at radius 1 is 1.06 bits per heavy atom. The summed E-state index contributed by atoms with van der Waals surface area (Å²) in [6.07, 6.45) is 10.9. The number of methoxy groups -OCH3 is 1. The van der Waals surface area contributed by atoms with Crippen LogP contribution in [0.15, 0.2) is 55.0 Å². The number of pyridine rings is 1. The molecule has 6 heteroatoms. The van der Waals surface area contributed by atoms with Crippen molar-refractivity contribution in [3.05, 3.63) is 77.6 Å². The highest BCUT2D eigenvalue weighted by molar-refractivity contribution is 5.92. The molecule has 1 amide bonds. The van der Waals surface area contributed by atoms with Crippen molar-refractivity contribution in [2.24, 2.45) is 0 Å². The van der Waals surface area contributed by atoms with Crippen molar-refractivity contribution in [1.82, 2.24) is 19.4 Å². The van der Waals surface area contributed by atoms with Gasteiger partial charge in [0, 0.05) is 44.1 Å². The molecule has 1 aromatic carbocycles. The van der Waals surface area contributed by atoms with Crippen LogP contribution in [-0.4, -0.2) is 45.5 Å². The number of aryl methyl sites for hydroxylation is 1. The highest BCUT2D eigenvalue weighted by atomic mass is 16.5. The molecule has 0 atom stereocenters. The fraction of sp³-hybridized carbons (Fsp3) is 0.423. The predicted molar refractivity (Wildman–Crippen MR) is 125 cm³/mol. The van der Waals surface area contributed by atoms with E-state index in [2.05, 4.69) is 33.6 Å². The Bertz CT molecular complexity index is 1000. The smallest absolute Gasteiger partial charge is 0.272 e. The van der Waals surface area contributed by atoms with Gasteiger partial charge in [0.2, 0.25) is 0 Å². The summed E-state index contributed by atoms with van der Waals surface area (Å²) in [5, 5.41) is 0. The number of benzene rings is 1. The summed E-state index contributed by atoms with van der Waals surface area (Å²) in [7, 11) is 1.68. The number of nitrogens with zero attached hydrogens (tertiary/aromatic N) is 4. The molecular weight excluding hydrogens is 400 g/mol. The third-order valence-corrected chi connectivity index (χ3v) is 6.27. The number of ether oxygens (including phenoxy) is 1. The van der Waals surface area contributed by atoms with Crippen LogP contribution in [0.3, 0.4) is 0 Å². The highest BCUT2D eigenvalue weighted by Gasteiger charge is 2.27. The molecule has 3 aromatic rings. The number of aromatic nitrogens is 3. The quantitative estimate of drug-likeness (QED) is 0.518. The monoisotopic (exact) mass is 432 g/mol. The van der Waals surface area contributed by atoms with E-state index < -0.39 is 0 Å². The Hall–Kier alpha value is -3.15. The molecule has 0 spiro atoms. The number of likely N-dealkylation sites (tertiary alicyclic amines) is 1. The maximum Gasteiger partial charge on any atom is 0.272 e. The Morgan fingerprint density at radius 2 is 1.81 bits per heavy atom. The normalized spacial score (nSPS) is 14.5. The standard InChI is InChI=1S/C26H32N4O2/c1-3-4-5-20-8-11-24(28-18-20)26(31)29-15-12-22(13-16-29)25-27-14-17-30(25)19-21-6-9-23(32-2)10-7-21/h6-11,14,17-18,22H,3-5,12-13,15-16,19H2,1-2H3. The predicted octanol–water partition coefficient (Wildman–Crippen LogP) is 4.70. The molecule has 0 aliphatic carbocycles. The number of unbranched alkanes of at least 4 members (excludes halogenated alkanes) is 1. The summed E-state index contributed by atoms with van der Waals surface area (Å²) in [4.78, 5) is 23.9. The molecule has 3 heterocycles. The second-order valence-corrected chi connectivity index (χ2v) is 8.48. The van der Waals surface area contributed by atoms with Crippen molar-refractivity contribution in [3.63, 3.8) is 0 Å². The number of rotatable bonds is 8. The van der Waals surface area contributed by atoms with Gasteiger partial charge in [-0.2, -0.15) is 0 Å². The molecule has 1 saturated heterocycles. The molecule has 1 aliphatic heterocycles. The van der Waals surface area contributed by atoms with Gasteiger partial charge in [-0.25, -0.2) is 4.98 Å². The molecule has 168 valence electrons. The Labute approximate surface area is 190 Å². The van der Waals surface area contributed by atoms with Crippen molar-refractivity contribution in [3.8, 4) is 5.75 Å². The SMILES string of the molecule is CCCCc1ccc(C(=O)N2CCC(c3nccn3Cc3ccc(OC)cc3)CC2)nc1. The summed E-state index contributed by atoms with van der Waals surface area (Å²) in [5.74, 6) is 2.36. The summed E-state index contributed by atoms with van der Waals surface area (Å²) in [6, 6.07) is 12.1. The fourth-order valence-corrected chi connectivity index (χ4v) is 4.32. The number of imidazole rings is 1. The molecule has 2 aromatic heterocycles. The molecule has 0 saturated carbocycles. The minimum atomic E-state index is 0.0343. The topological polar surface area (TPSA) is 60.2 Å². The van der Waals surface area contributed by atoms with Crippen LogP contribution in [0.25, 0.3) is 0 Å². The van der Waals surface area contributed by atoms with Gasteiger partial charge in [0.15, 0.2) is 0 Å². The Morgan fingerprint density at radius 3 is 2.47 bits per heavy atom. The van der Waals surface area contributed by atoms with Gasteiger partial charge < -0.3 is 14.2 Å². The maximum atomic E-state index is 12.9. The van der Waals surface area contributed by atoms with Crippen LogP contribution >= 0.6 is 0 Å². The van der Waals surface area contributed by atoms with Crippen LogP contribution < -0.4 is 4.74 Å². The van der Waals surface area contributed by atoms with Gasteiger partial charge in [-0.3, -0.25) is 9.78 Å². The van der Waals surface area contributed by atoms with E-state index in [1.54, 1.807) is 7.11 Å². The zero-order chi connectivity index (χ0) is 22.3. The number of hydrogen-bond donors (Lipinski definition) is 0. The van der Waals surface area contributed by atoms with E-state index in [-0.39, 0.29) is 5.91 Å². The summed E-state index contributed by atoms with van der Waals surface area (Å²) >= 11 is 0. The molecule has 1 aliphatic rings. The first-order valence-corrected chi connectivity index (χ1v) is 11.6. The van der Waals surface area contributed by atoms with E-state index in [1.165, 1.54) is 11.1 Å². The molecule has 0 radical (unpaired) electrons. The molecule has 4 rings (SSSR count). The zero-order valence-electron chi connectivity index (χ0n) is 19.0. The Balaban J connectivity index is 1.34. The Kier molecular flexibility index (Phi) is 7.20. The van der Waals surface area contributed by atoms with Crippen LogP contribution in [0.5, 0.6) is 5.75 Å². The van der Waals surface area contributed by atoms with E-state index in [0.717, 1.165) is 63.3 Å². The lowest BCUT2D eigenvalue weighted by Crippen LogP contribution is -2.38. The van der Waals surface area contributed by atoms with Crippen LogP contribution in [0, 0.1) is 0 Å². The van der Waals surface area contributed by atoms with Gasteiger partial charge in [-0.1, -0.05) is 31.5 Å². The lowest BCUT2D eigenvalue weighted by molar-refractivity contribution is 0.0704. The molecular formula is C26H32N4O2. The van der Waals surface area contributed by atoms with E-state index in [9.17, 15) is 4.79 Å². The van der Waals surface area contributed by atoms with Crippen LogP contribution in [0.1, 0.15) is 66.0 Å². The van der Waals surface area contributed by atoms with Gasteiger partial charge in [0.25, 0.3) is 5.91 Å². The molecule has 0 N–H and O–H groups in total. The van der Waals surface area contributed by atoms with Crippen molar-refractivity contribution in [1.29, 1.82) is 0 Å². The second kappa shape index (κ2) is 10.4. The van der Waals surface area contributed by atoms with Gasteiger partial charge >= 0.3 is 0 Å². The third-order valence-electron chi connectivity index (χ3n) is 6.27. The minimum absolute atomic E-state index is 0.0343. The summed E-state index contributed by atoms with van der Waals surface area (Å²) < 4.78 is 7.47. The molecule has 0 unspecified atom stereocenters.